The van der Waals surface area contributed by atoms with Crippen LogP contribution in [0, 0.1) is 5.92 Å². The van der Waals surface area contributed by atoms with E-state index in [0.717, 1.165) is 25.8 Å². The molecule has 2 atom stereocenters. The van der Waals surface area contributed by atoms with E-state index in [4.69, 9.17) is 4.74 Å². The van der Waals surface area contributed by atoms with Crippen LogP contribution >= 0.6 is 0 Å². The SMILES string of the molecule is O=C(O)[C@@H]1CCCN([C@H]2CCN(C(=O)OCC3c4ccccc4-c4ccccc43)C2)C1. The van der Waals surface area contributed by atoms with Crippen LogP contribution in [0.4, 0.5) is 4.79 Å². The fourth-order valence-corrected chi connectivity index (χ4v) is 5.43. The van der Waals surface area contributed by atoms with Gasteiger partial charge in [0.05, 0.1) is 5.92 Å². The summed E-state index contributed by atoms with van der Waals surface area (Å²) < 4.78 is 5.79. The molecule has 0 saturated carbocycles. The molecule has 0 unspecified atom stereocenters. The Morgan fingerprint density at radius 2 is 1.61 bits per heavy atom. The molecule has 6 heteroatoms. The second kappa shape index (κ2) is 8.35. The lowest BCUT2D eigenvalue weighted by molar-refractivity contribution is -0.143. The van der Waals surface area contributed by atoms with Gasteiger partial charge in [-0.05, 0) is 48.1 Å². The third-order valence-electron chi connectivity index (χ3n) is 7.08. The molecule has 6 nitrogen and oxygen atoms in total. The Labute approximate surface area is 182 Å². The van der Waals surface area contributed by atoms with E-state index >= 15 is 0 Å². The first-order chi connectivity index (χ1) is 15.1. The van der Waals surface area contributed by atoms with E-state index in [1.54, 1.807) is 4.90 Å². The molecule has 2 aromatic carbocycles. The highest BCUT2D eigenvalue weighted by atomic mass is 16.6. The number of carboxylic acid groups (broad SMARTS) is 1. The molecule has 2 fully saturated rings. The molecule has 2 saturated heterocycles. The number of rotatable bonds is 4. The smallest absolute Gasteiger partial charge is 0.409 e. The predicted octanol–water partition coefficient (Wildman–Crippen LogP) is 3.81. The highest BCUT2D eigenvalue weighted by Crippen LogP contribution is 2.44. The summed E-state index contributed by atoms with van der Waals surface area (Å²) in [5.74, 6) is -0.943. The van der Waals surface area contributed by atoms with Gasteiger partial charge in [0.15, 0.2) is 0 Å². The van der Waals surface area contributed by atoms with Crippen LogP contribution in [0.3, 0.4) is 0 Å². The van der Waals surface area contributed by atoms with Crippen molar-refractivity contribution in [2.24, 2.45) is 5.92 Å². The van der Waals surface area contributed by atoms with E-state index < -0.39 is 5.97 Å². The summed E-state index contributed by atoms with van der Waals surface area (Å²) in [5, 5.41) is 9.34. The molecule has 0 radical (unpaired) electrons. The summed E-state index contributed by atoms with van der Waals surface area (Å²) in [6.07, 6.45) is 2.25. The molecule has 2 aliphatic heterocycles. The van der Waals surface area contributed by atoms with Crippen molar-refractivity contribution in [3.05, 3.63) is 59.7 Å². The number of hydrogen-bond acceptors (Lipinski definition) is 4. The monoisotopic (exact) mass is 420 g/mol. The average molecular weight is 421 g/mol. The normalized spacial score (nSPS) is 23.4. The van der Waals surface area contributed by atoms with Crippen LogP contribution in [0.2, 0.25) is 0 Å². The van der Waals surface area contributed by atoms with Crippen LogP contribution in [0.25, 0.3) is 11.1 Å². The zero-order chi connectivity index (χ0) is 21.4. The van der Waals surface area contributed by atoms with E-state index in [-0.39, 0.29) is 24.0 Å². The van der Waals surface area contributed by atoms with Gasteiger partial charge in [0.1, 0.15) is 6.61 Å². The van der Waals surface area contributed by atoms with Crippen LogP contribution in [0.5, 0.6) is 0 Å². The first-order valence-electron chi connectivity index (χ1n) is 11.2. The molecule has 0 bridgehead atoms. The van der Waals surface area contributed by atoms with Crippen LogP contribution in [0.1, 0.15) is 36.3 Å². The van der Waals surface area contributed by atoms with Crippen molar-refractivity contribution in [3.63, 3.8) is 0 Å². The number of likely N-dealkylation sites (tertiary alicyclic amines) is 2. The number of carboxylic acids is 1. The molecule has 3 aliphatic rings. The van der Waals surface area contributed by atoms with Crippen LogP contribution in [-0.4, -0.2) is 65.8 Å². The lowest BCUT2D eigenvalue weighted by atomic mass is 9.96. The second-order valence-electron chi connectivity index (χ2n) is 8.86. The largest absolute Gasteiger partial charge is 0.481 e. The van der Waals surface area contributed by atoms with Gasteiger partial charge in [0.2, 0.25) is 0 Å². The number of aliphatic carboxylic acids is 1. The molecule has 0 aromatic heterocycles. The van der Waals surface area contributed by atoms with Crippen LogP contribution < -0.4 is 0 Å². The second-order valence-corrected chi connectivity index (χ2v) is 8.86. The summed E-state index contributed by atoms with van der Waals surface area (Å²) in [4.78, 5) is 28.2. The molecule has 1 N–H and O–H groups in total. The van der Waals surface area contributed by atoms with Gasteiger partial charge in [0.25, 0.3) is 0 Å². The first kappa shape index (κ1) is 20.1. The zero-order valence-electron chi connectivity index (χ0n) is 17.6. The van der Waals surface area contributed by atoms with Crippen molar-refractivity contribution < 1.29 is 19.4 Å². The van der Waals surface area contributed by atoms with Crippen LogP contribution in [-0.2, 0) is 9.53 Å². The van der Waals surface area contributed by atoms with Crippen molar-refractivity contribution in [2.75, 3.05) is 32.8 Å². The molecule has 5 rings (SSSR count). The molecule has 1 amide bonds. The van der Waals surface area contributed by atoms with Crippen molar-refractivity contribution in [1.29, 1.82) is 0 Å². The van der Waals surface area contributed by atoms with Gasteiger partial charge in [-0.15, -0.1) is 0 Å². The van der Waals surface area contributed by atoms with E-state index in [1.165, 1.54) is 22.3 Å². The molecule has 162 valence electrons. The van der Waals surface area contributed by atoms with Crippen LogP contribution in [0.15, 0.2) is 48.5 Å². The highest BCUT2D eigenvalue weighted by Gasteiger charge is 2.36. The number of carbonyl (C=O) groups is 2. The number of amides is 1. The van der Waals surface area contributed by atoms with Gasteiger partial charge < -0.3 is 14.7 Å². The van der Waals surface area contributed by atoms with Gasteiger partial charge in [0, 0.05) is 31.6 Å². The lowest BCUT2D eigenvalue weighted by Crippen LogP contribution is -2.46. The summed E-state index contributed by atoms with van der Waals surface area (Å²) in [6, 6.07) is 16.9. The number of hydrogen-bond donors (Lipinski definition) is 1. The molecular formula is C25H28N2O4. The maximum Gasteiger partial charge on any atom is 0.409 e. The Morgan fingerprint density at radius 1 is 0.935 bits per heavy atom. The summed E-state index contributed by atoms with van der Waals surface area (Å²) in [6.45, 7) is 3.10. The molecule has 2 heterocycles. The lowest BCUT2D eigenvalue weighted by Gasteiger charge is -2.35. The van der Waals surface area contributed by atoms with E-state index in [0.29, 0.717) is 26.2 Å². The summed E-state index contributed by atoms with van der Waals surface area (Å²) in [7, 11) is 0. The van der Waals surface area contributed by atoms with Crippen molar-refractivity contribution >= 4 is 12.1 Å². The molecule has 31 heavy (non-hydrogen) atoms. The third-order valence-corrected chi connectivity index (χ3v) is 7.08. The Hall–Kier alpha value is -2.86. The zero-order valence-corrected chi connectivity index (χ0v) is 17.6. The number of fused-ring (bicyclic) bond motifs is 3. The van der Waals surface area contributed by atoms with Gasteiger partial charge in [-0.2, -0.15) is 0 Å². The Morgan fingerprint density at radius 3 is 2.29 bits per heavy atom. The van der Waals surface area contributed by atoms with Crippen molar-refractivity contribution in [2.45, 2.75) is 31.2 Å². The summed E-state index contributed by atoms with van der Waals surface area (Å²) >= 11 is 0. The Bertz CT molecular complexity index is 945. The topological polar surface area (TPSA) is 70.1 Å². The van der Waals surface area contributed by atoms with Gasteiger partial charge in [-0.25, -0.2) is 4.79 Å². The quantitative estimate of drug-likeness (QED) is 0.815. The number of benzene rings is 2. The highest BCUT2D eigenvalue weighted by molar-refractivity contribution is 5.79. The standard InChI is InChI=1S/C25H28N2O4/c28-24(29)17-6-5-12-26(14-17)18-11-13-27(15-18)25(30)31-16-23-21-9-3-1-7-19(21)20-8-2-4-10-22(20)23/h1-4,7-10,17-18,23H,5-6,11-16H2,(H,28,29)/t17-,18+/m1/s1. The first-order valence-corrected chi connectivity index (χ1v) is 11.2. The molecule has 1 aliphatic carbocycles. The maximum absolute atomic E-state index is 12.8. The number of carbonyl (C=O) groups excluding carboxylic acids is 1. The number of ether oxygens (including phenoxy) is 1. The Kier molecular flexibility index (Phi) is 5.40. The van der Waals surface area contributed by atoms with Gasteiger partial charge in [-0.1, -0.05) is 48.5 Å². The van der Waals surface area contributed by atoms with E-state index in [2.05, 4.69) is 29.2 Å². The fourth-order valence-electron chi connectivity index (χ4n) is 5.43. The van der Waals surface area contributed by atoms with E-state index in [1.807, 2.05) is 24.3 Å². The Balaban J connectivity index is 1.21. The fraction of sp³-hybridized carbons (Fsp3) is 0.440. The van der Waals surface area contributed by atoms with Crippen molar-refractivity contribution in [3.8, 4) is 11.1 Å². The number of nitrogens with zero attached hydrogens (tertiary/aromatic N) is 2. The average Bonchev–Trinajstić information content (AvgIpc) is 3.41. The minimum absolute atomic E-state index is 0.0631. The maximum atomic E-state index is 12.8. The minimum Gasteiger partial charge on any atom is -0.481 e. The van der Waals surface area contributed by atoms with E-state index in [9.17, 15) is 14.7 Å². The van der Waals surface area contributed by atoms with Crippen molar-refractivity contribution in [1.82, 2.24) is 9.80 Å². The summed E-state index contributed by atoms with van der Waals surface area (Å²) in [5.41, 5.74) is 4.87. The minimum atomic E-state index is -0.712. The number of piperidine rings is 1. The third kappa shape index (κ3) is 3.81. The predicted molar refractivity (Wildman–Crippen MR) is 117 cm³/mol. The van der Waals surface area contributed by atoms with Gasteiger partial charge >= 0.3 is 12.1 Å². The molecular weight excluding hydrogens is 392 g/mol. The van der Waals surface area contributed by atoms with Gasteiger partial charge in [-0.3, -0.25) is 9.69 Å². The molecule has 2 aromatic rings. The molecule has 0 spiro atoms.